The molecule has 0 bridgehead atoms. The summed E-state index contributed by atoms with van der Waals surface area (Å²) in [6, 6.07) is 6.80. The van der Waals surface area contributed by atoms with E-state index in [1.54, 1.807) is 38.4 Å². The van der Waals surface area contributed by atoms with Crippen LogP contribution in [0.3, 0.4) is 0 Å². The highest BCUT2D eigenvalue weighted by Crippen LogP contribution is 2.14. The number of rotatable bonds is 8. The van der Waals surface area contributed by atoms with Crippen molar-refractivity contribution in [3.05, 3.63) is 24.3 Å². The van der Waals surface area contributed by atoms with Crippen LogP contribution in [0.5, 0.6) is 5.75 Å². The molecule has 1 rings (SSSR count). The molecule has 2 amide bonds. The van der Waals surface area contributed by atoms with Gasteiger partial charge in [-0.1, -0.05) is 6.07 Å². The average molecular weight is 295 g/mol. The summed E-state index contributed by atoms with van der Waals surface area (Å²) in [6.45, 7) is 0.674. The average Bonchev–Trinajstić information content (AvgIpc) is 2.45. The maximum absolute atomic E-state index is 11.8. The van der Waals surface area contributed by atoms with Crippen LogP contribution in [0.25, 0.3) is 0 Å². The third kappa shape index (κ3) is 6.62. The van der Waals surface area contributed by atoms with Crippen molar-refractivity contribution in [2.24, 2.45) is 0 Å². The highest BCUT2D eigenvalue weighted by Gasteiger charge is 2.13. The first kappa shape index (κ1) is 16.8. The second kappa shape index (κ2) is 8.80. The fourth-order valence-corrected chi connectivity index (χ4v) is 1.51. The first-order chi connectivity index (χ1) is 10.0. The molecule has 7 nitrogen and oxygen atoms in total. The van der Waals surface area contributed by atoms with Gasteiger partial charge in [-0.05, 0) is 12.1 Å². The molecule has 0 spiro atoms. The van der Waals surface area contributed by atoms with Crippen LogP contribution in [0, 0.1) is 0 Å². The SMILES string of the molecule is COCCNC(=O)CN(C)C(=O)COc1cccc(N)c1. The Labute approximate surface area is 124 Å². The molecule has 0 aliphatic rings. The molecule has 0 saturated heterocycles. The van der Waals surface area contributed by atoms with E-state index in [1.165, 1.54) is 4.90 Å². The Morgan fingerprint density at radius 3 is 2.81 bits per heavy atom. The van der Waals surface area contributed by atoms with E-state index >= 15 is 0 Å². The molecule has 21 heavy (non-hydrogen) atoms. The zero-order valence-electron chi connectivity index (χ0n) is 12.3. The Balaban J connectivity index is 2.32. The molecule has 7 heteroatoms. The zero-order chi connectivity index (χ0) is 15.7. The minimum atomic E-state index is -0.292. The number of methoxy groups -OCH3 is 1. The van der Waals surface area contributed by atoms with Gasteiger partial charge in [0.15, 0.2) is 6.61 Å². The number of ether oxygens (including phenoxy) is 2. The van der Waals surface area contributed by atoms with E-state index < -0.39 is 0 Å². The van der Waals surface area contributed by atoms with Gasteiger partial charge in [0.25, 0.3) is 5.91 Å². The second-order valence-corrected chi connectivity index (χ2v) is 4.45. The molecular formula is C14H21N3O4. The van der Waals surface area contributed by atoms with Gasteiger partial charge in [0, 0.05) is 32.5 Å². The smallest absolute Gasteiger partial charge is 0.260 e. The molecular weight excluding hydrogens is 274 g/mol. The van der Waals surface area contributed by atoms with E-state index in [0.29, 0.717) is 24.6 Å². The van der Waals surface area contributed by atoms with E-state index in [4.69, 9.17) is 15.2 Å². The van der Waals surface area contributed by atoms with Gasteiger partial charge in [-0.25, -0.2) is 0 Å². The topological polar surface area (TPSA) is 93.9 Å². The third-order valence-corrected chi connectivity index (χ3v) is 2.66. The molecule has 0 aromatic heterocycles. The number of nitrogens with two attached hydrogens (primary N) is 1. The third-order valence-electron chi connectivity index (χ3n) is 2.66. The first-order valence-electron chi connectivity index (χ1n) is 6.51. The molecule has 0 saturated carbocycles. The minimum Gasteiger partial charge on any atom is -0.484 e. The van der Waals surface area contributed by atoms with Crippen molar-refractivity contribution in [2.45, 2.75) is 0 Å². The van der Waals surface area contributed by atoms with Gasteiger partial charge in [-0.3, -0.25) is 9.59 Å². The maximum atomic E-state index is 11.8. The second-order valence-electron chi connectivity index (χ2n) is 4.45. The van der Waals surface area contributed by atoms with Crippen molar-refractivity contribution in [3.63, 3.8) is 0 Å². The van der Waals surface area contributed by atoms with Crippen LogP contribution in [0.15, 0.2) is 24.3 Å². The predicted octanol–water partition coefficient (Wildman–Crippen LogP) is -0.131. The standard InChI is InChI=1S/C14H21N3O4/c1-17(9-13(18)16-6-7-20-2)14(19)10-21-12-5-3-4-11(15)8-12/h3-5,8H,6-7,9-10,15H2,1-2H3,(H,16,18). The number of amides is 2. The summed E-state index contributed by atoms with van der Waals surface area (Å²) in [5, 5.41) is 2.64. The summed E-state index contributed by atoms with van der Waals surface area (Å²) in [4.78, 5) is 24.7. The fraction of sp³-hybridized carbons (Fsp3) is 0.429. The van der Waals surface area contributed by atoms with E-state index in [9.17, 15) is 9.59 Å². The number of hydrogen-bond donors (Lipinski definition) is 2. The monoisotopic (exact) mass is 295 g/mol. The van der Waals surface area contributed by atoms with Gasteiger partial charge in [0.2, 0.25) is 5.91 Å². The minimum absolute atomic E-state index is 0.0250. The Morgan fingerprint density at radius 1 is 1.38 bits per heavy atom. The number of anilines is 1. The molecule has 0 radical (unpaired) electrons. The van der Waals surface area contributed by atoms with Crippen molar-refractivity contribution in [1.29, 1.82) is 0 Å². The molecule has 116 valence electrons. The Bertz CT molecular complexity index is 479. The van der Waals surface area contributed by atoms with Gasteiger partial charge in [-0.15, -0.1) is 0 Å². The van der Waals surface area contributed by atoms with Gasteiger partial charge < -0.3 is 25.4 Å². The summed E-state index contributed by atoms with van der Waals surface area (Å²) in [6.07, 6.45) is 0. The van der Waals surface area contributed by atoms with Crippen molar-refractivity contribution in [1.82, 2.24) is 10.2 Å². The summed E-state index contributed by atoms with van der Waals surface area (Å²) in [5.74, 6) is -0.0209. The predicted molar refractivity (Wildman–Crippen MR) is 78.9 cm³/mol. The number of benzene rings is 1. The van der Waals surface area contributed by atoms with Gasteiger partial charge in [0.1, 0.15) is 5.75 Å². The lowest BCUT2D eigenvalue weighted by Crippen LogP contribution is -2.41. The van der Waals surface area contributed by atoms with Crippen molar-refractivity contribution < 1.29 is 19.1 Å². The number of hydrogen-bond acceptors (Lipinski definition) is 5. The molecule has 1 aromatic carbocycles. The summed E-state index contributed by atoms with van der Waals surface area (Å²) < 4.78 is 10.1. The Morgan fingerprint density at radius 2 is 2.14 bits per heavy atom. The van der Waals surface area contributed by atoms with Crippen LogP contribution in [-0.2, 0) is 14.3 Å². The number of likely N-dealkylation sites (N-methyl/N-ethyl adjacent to an activating group) is 1. The lowest BCUT2D eigenvalue weighted by atomic mass is 10.3. The highest BCUT2D eigenvalue weighted by molar-refractivity contribution is 5.85. The molecule has 0 atom stereocenters. The number of carbonyl (C=O) groups excluding carboxylic acids is 2. The number of nitrogens with zero attached hydrogens (tertiary/aromatic N) is 1. The van der Waals surface area contributed by atoms with Gasteiger partial charge >= 0.3 is 0 Å². The van der Waals surface area contributed by atoms with Crippen LogP contribution in [0.1, 0.15) is 0 Å². The lowest BCUT2D eigenvalue weighted by Gasteiger charge is -2.17. The summed E-state index contributed by atoms with van der Waals surface area (Å²) in [7, 11) is 3.09. The Hall–Kier alpha value is -2.28. The van der Waals surface area contributed by atoms with Crippen molar-refractivity contribution in [3.8, 4) is 5.75 Å². The quantitative estimate of drug-likeness (QED) is 0.514. The van der Waals surface area contributed by atoms with E-state index in [-0.39, 0.29) is 25.0 Å². The number of carbonyl (C=O) groups is 2. The largest absolute Gasteiger partial charge is 0.484 e. The summed E-state index contributed by atoms with van der Waals surface area (Å²) >= 11 is 0. The van der Waals surface area contributed by atoms with Crippen LogP contribution >= 0.6 is 0 Å². The maximum Gasteiger partial charge on any atom is 0.260 e. The number of nitrogens with one attached hydrogen (secondary N) is 1. The normalized spacial score (nSPS) is 10.0. The molecule has 0 aliphatic carbocycles. The molecule has 0 fully saturated rings. The Kier molecular flexibility index (Phi) is 7.03. The first-order valence-corrected chi connectivity index (χ1v) is 6.51. The summed E-state index contributed by atoms with van der Waals surface area (Å²) in [5.41, 5.74) is 6.17. The van der Waals surface area contributed by atoms with E-state index in [1.807, 2.05) is 0 Å². The van der Waals surface area contributed by atoms with Crippen LogP contribution < -0.4 is 15.8 Å². The molecule has 0 aliphatic heterocycles. The molecule has 3 N–H and O–H groups in total. The van der Waals surface area contributed by atoms with Gasteiger partial charge in [0.05, 0.1) is 13.2 Å². The fourth-order valence-electron chi connectivity index (χ4n) is 1.51. The molecule has 0 heterocycles. The van der Waals surface area contributed by atoms with Crippen LogP contribution in [-0.4, -0.2) is 57.2 Å². The van der Waals surface area contributed by atoms with E-state index in [2.05, 4.69) is 5.32 Å². The molecule has 0 unspecified atom stereocenters. The van der Waals surface area contributed by atoms with Crippen molar-refractivity contribution >= 4 is 17.5 Å². The van der Waals surface area contributed by atoms with Gasteiger partial charge in [-0.2, -0.15) is 0 Å². The van der Waals surface area contributed by atoms with Crippen molar-refractivity contribution in [2.75, 3.05) is 46.2 Å². The highest BCUT2D eigenvalue weighted by atomic mass is 16.5. The lowest BCUT2D eigenvalue weighted by molar-refractivity contribution is -0.136. The number of nitrogen functional groups attached to an aromatic ring is 1. The van der Waals surface area contributed by atoms with Crippen LogP contribution in [0.4, 0.5) is 5.69 Å². The zero-order valence-corrected chi connectivity index (χ0v) is 12.3. The molecule has 1 aromatic rings. The van der Waals surface area contributed by atoms with E-state index in [0.717, 1.165) is 0 Å². The van der Waals surface area contributed by atoms with Crippen LogP contribution in [0.2, 0.25) is 0 Å².